The Hall–Kier alpha value is -1.80. The third-order valence-corrected chi connectivity index (χ3v) is 2.85. The fourth-order valence-corrected chi connectivity index (χ4v) is 1.70. The molecule has 19 heavy (non-hydrogen) atoms. The monoisotopic (exact) mass is 286 g/mol. The van der Waals surface area contributed by atoms with Gasteiger partial charge < -0.3 is 9.84 Å². The van der Waals surface area contributed by atoms with Crippen LogP contribution in [0.3, 0.4) is 0 Å². The number of carbonyl (C=O) groups is 1. The Morgan fingerprint density at radius 2 is 2.32 bits per heavy atom. The summed E-state index contributed by atoms with van der Waals surface area (Å²) >= 11 is 4.00. The molecule has 104 valence electrons. The fraction of sp³-hybridized carbons (Fsp3) is 0.364. The SMILES string of the molecule is COC(=O)[C@H](CS)NCc1cc([N+](=O)[O-])ccc1O. The van der Waals surface area contributed by atoms with Gasteiger partial charge in [0.1, 0.15) is 11.8 Å². The summed E-state index contributed by atoms with van der Waals surface area (Å²) in [5.74, 6) is -0.358. The van der Waals surface area contributed by atoms with Gasteiger partial charge in [-0.3, -0.25) is 20.2 Å². The van der Waals surface area contributed by atoms with Crippen molar-refractivity contribution in [3.05, 3.63) is 33.9 Å². The van der Waals surface area contributed by atoms with Crippen molar-refractivity contribution in [1.82, 2.24) is 5.32 Å². The Balaban J connectivity index is 2.79. The van der Waals surface area contributed by atoms with E-state index in [1.165, 1.54) is 25.3 Å². The molecular weight excluding hydrogens is 272 g/mol. The van der Waals surface area contributed by atoms with Gasteiger partial charge in [0.25, 0.3) is 5.69 Å². The van der Waals surface area contributed by atoms with Gasteiger partial charge in [-0.05, 0) is 6.07 Å². The molecule has 0 aliphatic rings. The van der Waals surface area contributed by atoms with Gasteiger partial charge in [-0.1, -0.05) is 0 Å². The summed E-state index contributed by atoms with van der Waals surface area (Å²) in [6.45, 7) is 0.0911. The molecule has 8 heteroatoms. The lowest BCUT2D eigenvalue weighted by molar-refractivity contribution is -0.384. The summed E-state index contributed by atoms with van der Waals surface area (Å²) in [7, 11) is 1.26. The van der Waals surface area contributed by atoms with Crippen molar-refractivity contribution in [3.8, 4) is 5.75 Å². The zero-order chi connectivity index (χ0) is 14.4. The van der Waals surface area contributed by atoms with Gasteiger partial charge in [0.05, 0.1) is 12.0 Å². The van der Waals surface area contributed by atoms with Gasteiger partial charge >= 0.3 is 5.97 Å². The number of nitrogens with zero attached hydrogens (tertiary/aromatic N) is 1. The second kappa shape index (κ2) is 6.95. The number of thiol groups is 1. The van der Waals surface area contributed by atoms with Gasteiger partial charge in [-0.2, -0.15) is 12.6 Å². The highest BCUT2D eigenvalue weighted by Crippen LogP contribution is 2.22. The highest BCUT2D eigenvalue weighted by molar-refractivity contribution is 7.80. The molecule has 0 bridgehead atoms. The molecule has 0 saturated heterocycles. The molecule has 1 aromatic carbocycles. The fourth-order valence-electron chi connectivity index (χ4n) is 1.42. The van der Waals surface area contributed by atoms with Crippen LogP contribution in [0, 0.1) is 10.1 Å². The first kappa shape index (κ1) is 15.3. The normalized spacial score (nSPS) is 11.9. The Kier molecular flexibility index (Phi) is 5.58. The molecular formula is C11H14N2O5S. The van der Waals surface area contributed by atoms with Crippen molar-refractivity contribution in [1.29, 1.82) is 0 Å². The lowest BCUT2D eigenvalue weighted by Gasteiger charge is -2.14. The van der Waals surface area contributed by atoms with E-state index in [1.807, 2.05) is 0 Å². The minimum atomic E-state index is -0.646. The molecule has 0 aromatic heterocycles. The van der Waals surface area contributed by atoms with Crippen LogP contribution >= 0.6 is 12.6 Å². The Bertz CT molecular complexity index is 480. The number of hydrogen-bond donors (Lipinski definition) is 3. The topological polar surface area (TPSA) is 102 Å². The van der Waals surface area contributed by atoms with Gasteiger partial charge in [-0.15, -0.1) is 0 Å². The average molecular weight is 286 g/mol. The van der Waals surface area contributed by atoms with E-state index in [1.54, 1.807) is 0 Å². The Labute approximate surface area is 115 Å². The number of phenolic OH excluding ortho intramolecular Hbond substituents is 1. The number of non-ortho nitro benzene ring substituents is 1. The van der Waals surface area contributed by atoms with Crippen molar-refractivity contribution in [2.75, 3.05) is 12.9 Å². The van der Waals surface area contributed by atoms with Crippen molar-refractivity contribution < 1.29 is 19.6 Å². The summed E-state index contributed by atoms with van der Waals surface area (Å²) < 4.78 is 4.56. The van der Waals surface area contributed by atoms with E-state index in [9.17, 15) is 20.0 Å². The molecule has 1 rings (SSSR count). The number of rotatable bonds is 6. The van der Waals surface area contributed by atoms with Crippen LogP contribution < -0.4 is 5.32 Å². The number of hydrogen-bond acceptors (Lipinski definition) is 7. The Morgan fingerprint density at radius 1 is 1.63 bits per heavy atom. The summed E-state index contributed by atoms with van der Waals surface area (Å²) in [5.41, 5.74) is 0.194. The van der Waals surface area contributed by atoms with E-state index in [0.29, 0.717) is 5.56 Å². The van der Waals surface area contributed by atoms with Gasteiger partial charge in [0.2, 0.25) is 0 Å². The molecule has 0 radical (unpaired) electrons. The number of carbonyl (C=O) groups excluding carboxylic acids is 1. The van der Waals surface area contributed by atoms with E-state index in [0.717, 1.165) is 0 Å². The molecule has 0 amide bonds. The van der Waals surface area contributed by atoms with Crippen LogP contribution in [0.1, 0.15) is 5.56 Å². The standard InChI is InChI=1S/C11H14N2O5S/c1-18-11(15)9(6-19)12-5-7-4-8(13(16)17)2-3-10(7)14/h2-4,9,12,14,19H,5-6H2,1H3/t9-/m0/s1. The molecule has 1 atom stereocenters. The number of methoxy groups -OCH3 is 1. The van der Waals surface area contributed by atoms with Gasteiger partial charge in [0, 0.05) is 30.0 Å². The van der Waals surface area contributed by atoms with Crippen LogP contribution in [0.15, 0.2) is 18.2 Å². The van der Waals surface area contributed by atoms with Crippen molar-refractivity contribution in [2.45, 2.75) is 12.6 Å². The molecule has 0 spiro atoms. The largest absolute Gasteiger partial charge is 0.508 e. The maximum Gasteiger partial charge on any atom is 0.323 e. The quantitative estimate of drug-likeness (QED) is 0.310. The van der Waals surface area contributed by atoms with E-state index in [2.05, 4.69) is 22.7 Å². The summed E-state index contributed by atoms with van der Waals surface area (Å²) in [6.07, 6.45) is 0. The number of phenols is 1. The van der Waals surface area contributed by atoms with E-state index >= 15 is 0 Å². The third kappa shape index (κ3) is 4.11. The lowest BCUT2D eigenvalue weighted by atomic mass is 10.1. The predicted octanol–water partition coefficient (Wildman–Crippen LogP) is 0.861. The molecule has 2 N–H and O–H groups in total. The number of nitro groups is 1. The molecule has 0 fully saturated rings. The highest BCUT2D eigenvalue weighted by atomic mass is 32.1. The predicted molar refractivity (Wildman–Crippen MR) is 71.3 cm³/mol. The van der Waals surface area contributed by atoms with Crippen LogP contribution in [-0.2, 0) is 16.1 Å². The molecule has 7 nitrogen and oxygen atoms in total. The van der Waals surface area contributed by atoms with E-state index in [-0.39, 0.29) is 23.7 Å². The first-order valence-electron chi connectivity index (χ1n) is 5.38. The van der Waals surface area contributed by atoms with Crippen molar-refractivity contribution >= 4 is 24.3 Å². The number of benzene rings is 1. The second-order valence-electron chi connectivity index (χ2n) is 3.71. The smallest absolute Gasteiger partial charge is 0.323 e. The second-order valence-corrected chi connectivity index (χ2v) is 4.07. The molecule has 0 saturated carbocycles. The van der Waals surface area contributed by atoms with Gasteiger partial charge in [-0.25, -0.2) is 0 Å². The first-order chi connectivity index (χ1) is 8.99. The zero-order valence-corrected chi connectivity index (χ0v) is 11.1. The summed E-state index contributed by atoms with van der Waals surface area (Å²) in [6, 6.07) is 3.04. The minimum Gasteiger partial charge on any atom is -0.508 e. The van der Waals surface area contributed by atoms with Crippen LogP contribution in [-0.4, -0.2) is 34.9 Å². The highest BCUT2D eigenvalue weighted by Gasteiger charge is 2.18. The molecule has 0 unspecified atom stereocenters. The van der Waals surface area contributed by atoms with E-state index in [4.69, 9.17) is 0 Å². The van der Waals surface area contributed by atoms with Crippen molar-refractivity contribution in [2.24, 2.45) is 0 Å². The van der Waals surface area contributed by atoms with Crippen LogP contribution in [0.25, 0.3) is 0 Å². The average Bonchev–Trinajstić information content (AvgIpc) is 2.40. The third-order valence-electron chi connectivity index (χ3n) is 2.48. The number of nitrogens with one attached hydrogen (secondary N) is 1. The van der Waals surface area contributed by atoms with Crippen LogP contribution in [0.4, 0.5) is 5.69 Å². The molecule has 0 heterocycles. The first-order valence-corrected chi connectivity index (χ1v) is 6.01. The van der Waals surface area contributed by atoms with Crippen LogP contribution in [0.5, 0.6) is 5.75 Å². The Morgan fingerprint density at radius 3 is 2.84 bits per heavy atom. The van der Waals surface area contributed by atoms with Gasteiger partial charge in [0.15, 0.2) is 0 Å². The summed E-state index contributed by atoms with van der Waals surface area (Å²) in [5, 5.41) is 23.0. The maximum absolute atomic E-state index is 11.3. The van der Waals surface area contributed by atoms with Crippen molar-refractivity contribution in [3.63, 3.8) is 0 Å². The van der Waals surface area contributed by atoms with Crippen LogP contribution in [0.2, 0.25) is 0 Å². The number of nitro benzene ring substituents is 1. The summed E-state index contributed by atoms with van der Waals surface area (Å²) in [4.78, 5) is 21.4. The zero-order valence-electron chi connectivity index (χ0n) is 10.2. The minimum absolute atomic E-state index is 0.0825. The molecule has 0 aliphatic carbocycles. The molecule has 0 aliphatic heterocycles. The number of aromatic hydroxyl groups is 1. The lowest BCUT2D eigenvalue weighted by Crippen LogP contribution is -2.38. The number of ether oxygens (including phenoxy) is 1. The maximum atomic E-state index is 11.3. The number of esters is 1. The molecule has 1 aromatic rings. The van der Waals surface area contributed by atoms with E-state index < -0.39 is 16.9 Å².